The van der Waals surface area contributed by atoms with Crippen LogP contribution in [-0.4, -0.2) is 71.7 Å². The summed E-state index contributed by atoms with van der Waals surface area (Å²) in [5, 5.41) is 19.8. The molecule has 0 radical (unpaired) electrons. The molecule has 3 aromatic rings. The van der Waals surface area contributed by atoms with E-state index in [0.717, 1.165) is 48.8 Å². The number of nitrogens with one attached hydrogen (secondary N) is 2. The van der Waals surface area contributed by atoms with Gasteiger partial charge in [0.1, 0.15) is 5.69 Å². The van der Waals surface area contributed by atoms with Crippen LogP contribution in [0.3, 0.4) is 0 Å². The number of aromatic nitrogens is 3. The second kappa shape index (κ2) is 9.60. The van der Waals surface area contributed by atoms with Crippen molar-refractivity contribution in [2.75, 3.05) is 54.5 Å². The molecule has 0 saturated carbocycles. The van der Waals surface area contributed by atoms with E-state index in [9.17, 15) is 9.90 Å². The zero-order valence-electron chi connectivity index (χ0n) is 18.4. The first kappa shape index (κ1) is 21.4. The van der Waals surface area contributed by atoms with Crippen molar-refractivity contribution >= 4 is 23.0 Å². The maximum Gasteiger partial charge on any atom is 0.274 e. The van der Waals surface area contributed by atoms with Crippen LogP contribution in [0.5, 0.6) is 0 Å². The average Bonchev–Trinajstić information content (AvgIpc) is 3.41. The lowest BCUT2D eigenvalue weighted by Gasteiger charge is -2.35. The number of pyridine rings is 1. The van der Waals surface area contributed by atoms with Gasteiger partial charge in [0.2, 0.25) is 0 Å². The first-order valence-electron chi connectivity index (χ1n) is 11.3. The van der Waals surface area contributed by atoms with E-state index < -0.39 is 0 Å². The Kier molecular flexibility index (Phi) is 6.23. The maximum absolute atomic E-state index is 13.1. The molecule has 9 heteroatoms. The van der Waals surface area contributed by atoms with Gasteiger partial charge in [-0.15, -0.1) is 0 Å². The highest BCUT2D eigenvalue weighted by Gasteiger charge is 2.22. The summed E-state index contributed by atoms with van der Waals surface area (Å²) >= 11 is 0. The van der Waals surface area contributed by atoms with Crippen LogP contribution in [0.25, 0.3) is 11.3 Å². The Morgan fingerprint density at radius 2 is 1.91 bits per heavy atom. The molecule has 0 atom stereocenters. The smallest absolute Gasteiger partial charge is 0.274 e. The Morgan fingerprint density at radius 1 is 1.09 bits per heavy atom. The van der Waals surface area contributed by atoms with Crippen LogP contribution >= 0.6 is 0 Å². The zero-order valence-corrected chi connectivity index (χ0v) is 18.4. The SMILES string of the molecule is O=C(Nc1ccc(N2CCOCC2)cc1N1CCC(O)CC1)c1cccc(-c2cn[nH]c2)n1. The number of ether oxygens (including phenoxy) is 1. The van der Waals surface area contributed by atoms with Crippen LogP contribution < -0.4 is 15.1 Å². The molecule has 2 aromatic heterocycles. The van der Waals surface area contributed by atoms with E-state index in [0.29, 0.717) is 37.4 Å². The van der Waals surface area contributed by atoms with E-state index in [-0.39, 0.29) is 12.0 Å². The summed E-state index contributed by atoms with van der Waals surface area (Å²) in [7, 11) is 0. The standard InChI is InChI=1S/C24H28N6O3/c31-19-6-8-30(9-7-19)23-14-18(29-10-12-33-13-11-29)4-5-21(23)28-24(32)22-3-1-2-20(27-22)17-15-25-26-16-17/h1-5,14-16,19,31H,6-13H2,(H,25,26)(H,28,32). The van der Waals surface area contributed by atoms with Gasteiger partial charge >= 0.3 is 0 Å². The number of carbonyl (C=O) groups excluding carboxylic acids is 1. The highest BCUT2D eigenvalue weighted by atomic mass is 16.5. The molecule has 0 aliphatic carbocycles. The van der Waals surface area contributed by atoms with Crippen LogP contribution in [0.1, 0.15) is 23.3 Å². The van der Waals surface area contributed by atoms with E-state index in [1.807, 2.05) is 24.3 Å². The number of aromatic amines is 1. The molecule has 4 heterocycles. The molecule has 2 saturated heterocycles. The van der Waals surface area contributed by atoms with Crippen molar-refractivity contribution in [2.24, 2.45) is 0 Å². The number of aliphatic hydroxyl groups excluding tert-OH is 1. The third-order valence-electron chi connectivity index (χ3n) is 6.19. The molecule has 9 nitrogen and oxygen atoms in total. The van der Waals surface area contributed by atoms with Gasteiger partial charge in [0.05, 0.1) is 42.6 Å². The third-order valence-corrected chi connectivity index (χ3v) is 6.19. The normalized spacial score (nSPS) is 17.2. The van der Waals surface area contributed by atoms with Crippen molar-refractivity contribution in [3.05, 3.63) is 54.5 Å². The van der Waals surface area contributed by atoms with Crippen molar-refractivity contribution in [3.8, 4) is 11.3 Å². The number of morpholine rings is 1. The number of carbonyl (C=O) groups is 1. The van der Waals surface area contributed by atoms with Gasteiger partial charge in [-0.1, -0.05) is 6.07 Å². The molecule has 5 rings (SSSR count). The van der Waals surface area contributed by atoms with E-state index in [1.54, 1.807) is 18.5 Å². The zero-order chi connectivity index (χ0) is 22.6. The molecule has 0 unspecified atom stereocenters. The minimum atomic E-state index is -0.267. The Bertz CT molecular complexity index is 1090. The summed E-state index contributed by atoms with van der Waals surface area (Å²) in [5.74, 6) is -0.266. The number of piperidine rings is 1. The summed E-state index contributed by atoms with van der Waals surface area (Å²) < 4.78 is 5.49. The molecule has 0 spiro atoms. The lowest BCUT2D eigenvalue weighted by molar-refractivity contribution is 0.102. The second-order valence-corrected chi connectivity index (χ2v) is 8.37. The summed E-state index contributed by atoms with van der Waals surface area (Å²) in [4.78, 5) is 22.2. The molecule has 2 aliphatic heterocycles. The highest BCUT2D eigenvalue weighted by Crippen LogP contribution is 2.33. The number of anilines is 3. The fraction of sp³-hybridized carbons (Fsp3) is 0.375. The van der Waals surface area contributed by atoms with Gasteiger partial charge in [-0.3, -0.25) is 9.89 Å². The Balaban J connectivity index is 1.41. The number of benzene rings is 1. The quantitative estimate of drug-likeness (QED) is 0.551. The first-order valence-corrected chi connectivity index (χ1v) is 11.3. The highest BCUT2D eigenvalue weighted by molar-refractivity contribution is 6.05. The lowest BCUT2D eigenvalue weighted by atomic mass is 10.1. The van der Waals surface area contributed by atoms with E-state index in [2.05, 4.69) is 36.4 Å². The van der Waals surface area contributed by atoms with Gasteiger partial charge < -0.3 is 25.0 Å². The van der Waals surface area contributed by atoms with Crippen LogP contribution in [0, 0.1) is 0 Å². The molecule has 1 amide bonds. The van der Waals surface area contributed by atoms with Crippen LogP contribution in [0.2, 0.25) is 0 Å². The van der Waals surface area contributed by atoms with Gasteiger partial charge in [-0.2, -0.15) is 5.10 Å². The van der Waals surface area contributed by atoms with Crippen molar-refractivity contribution in [2.45, 2.75) is 18.9 Å². The van der Waals surface area contributed by atoms with E-state index in [1.165, 1.54) is 0 Å². The first-order chi connectivity index (χ1) is 16.2. The van der Waals surface area contributed by atoms with Gasteiger partial charge in [0, 0.05) is 43.6 Å². The largest absolute Gasteiger partial charge is 0.393 e. The number of aliphatic hydroxyl groups is 1. The van der Waals surface area contributed by atoms with Crippen molar-refractivity contribution in [1.29, 1.82) is 0 Å². The second-order valence-electron chi connectivity index (χ2n) is 8.37. The summed E-state index contributed by atoms with van der Waals surface area (Å²) in [5.41, 5.74) is 4.66. The molecule has 2 aliphatic rings. The predicted octanol–water partition coefficient (Wildman–Crippen LogP) is 2.52. The summed E-state index contributed by atoms with van der Waals surface area (Å²) in [6.45, 7) is 4.59. The Hall–Kier alpha value is -3.43. The maximum atomic E-state index is 13.1. The van der Waals surface area contributed by atoms with Crippen LogP contribution in [0.15, 0.2) is 48.8 Å². The molecule has 172 valence electrons. The summed E-state index contributed by atoms with van der Waals surface area (Å²) in [6.07, 6.45) is 4.58. The number of H-pyrrole nitrogens is 1. The van der Waals surface area contributed by atoms with E-state index >= 15 is 0 Å². The fourth-order valence-corrected chi connectivity index (χ4v) is 4.31. The monoisotopic (exact) mass is 448 g/mol. The minimum Gasteiger partial charge on any atom is -0.393 e. The molecule has 2 fully saturated rings. The van der Waals surface area contributed by atoms with Crippen molar-refractivity contribution in [1.82, 2.24) is 15.2 Å². The Labute approximate surface area is 192 Å². The summed E-state index contributed by atoms with van der Waals surface area (Å²) in [6, 6.07) is 11.5. The Morgan fingerprint density at radius 3 is 2.67 bits per heavy atom. The van der Waals surface area contributed by atoms with E-state index in [4.69, 9.17) is 4.74 Å². The van der Waals surface area contributed by atoms with Crippen LogP contribution in [-0.2, 0) is 4.74 Å². The number of nitrogens with zero attached hydrogens (tertiary/aromatic N) is 4. The fourth-order valence-electron chi connectivity index (χ4n) is 4.31. The van der Waals surface area contributed by atoms with Gasteiger partial charge in [0.25, 0.3) is 5.91 Å². The number of hydrogen-bond acceptors (Lipinski definition) is 7. The van der Waals surface area contributed by atoms with Gasteiger partial charge in [-0.05, 0) is 43.2 Å². The number of amides is 1. The third kappa shape index (κ3) is 4.84. The minimum absolute atomic E-state index is 0.266. The van der Waals surface area contributed by atoms with Crippen molar-refractivity contribution in [3.63, 3.8) is 0 Å². The van der Waals surface area contributed by atoms with Crippen LogP contribution in [0.4, 0.5) is 17.1 Å². The predicted molar refractivity (Wildman–Crippen MR) is 127 cm³/mol. The topological polar surface area (TPSA) is 107 Å². The average molecular weight is 449 g/mol. The molecule has 33 heavy (non-hydrogen) atoms. The molecule has 3 N–H and O–H groups in total. The van der Waals surface area contributed by atoms with Gasteiger partial charge in [0.15, 0.2) is 0 Å². The lowest BCUT2D eigenvalue weighted by Crippen LogP contribution is -2.38. The molecule has 1 aromatic carbocycles. The molecule has 0 bridgehead atoms. The van der Waals surface area contributed by atoms with Crippen molar-refractivity contribution < 1.29 is 14.6 Å². The van der Waals surface area contributed by atoms with Gasteiger partial charge in [-0.25, -0.2) is 4.98 Å². The molecular formula is C24H28N6O3. The number of hydrogen-bond donors (Lipinski definition) is 3. The molecular weight excluding hydrogens is 420 g/mol. The number of rotatable bonds is 5.